The molecule has 2 aliphatic rings. The van der Waals surface area contributed by atoms with Crippen LogP contribution >= 0.6 is 23.2 Å². The first kappa shape index (κ1) is 56.2. The van der Waals surface area contributed by atoms with Crippen molar-refractivity contribution >= 4 is 56.5 Å². The Labute approximate surface area is 421 Å². The molecule has 2 fully saturated rings. The molecule has 0 spiro atoms. The summed E-state index contributed by atoms with van der Waals surface area (Å²) < 4.78 is 144. The molecule has 0 saturated carbocycles. The van der Waals surface area contributed by atoms with Gasteiger partial charge in [0.25, 0.3) is 27.8 Å². The third kappa shape index (κ3) is 16.4. The van der Waals surface area contributed by atoms with E-state index in [-0.39, 0.29) is 68.8 Å². The molecule has 0 bridgehead atoms. The second-order valence-corrected chi connectivity index (χ2v) is 18.2. The lowest BCUT2D eigenvalue weighted by molar-refractivity contribution is -0.121. The Kier molecular flexibility index (Phi) is 20.2. The molecule has 0 atom stereocenters. The number of nitrogens with one attached hydrogen (secondary N) is 3. The van der Waals surface area contributed by atoms with Crippen LogP contribution in [0.5, 0.6) is 0 Å². The highest BCUT2D eigenvalue weighted by Crippen LogP contribution is 2.30. The van der Waals surface area contributed by atoms with Crippen molar-refractivity contribution in [3.05, 3.63) is 129 Å². The summed E-state index contributed by atoms with van der Waals surface area (Å²) in [4.78, 5) is 30.0. The van der Waals surface area contributed by atoms with Crippen LogP contribution in [-0.2, 0) is 37.0 Å². The van der Waals surface area contributed by atoms with Gasteiger partial charge in [-0.25, -0.2) is 17.6 Å². The van der Waals surface area contributed by atoms with Crippen molar-refractivity contribution in [1.29, 1.82) is 0 Å². The molecule has 6 aromatic rings. The highest BCUT2D eigenvalue weighted by molar-refractivity contribution is 7.86. The molecule has 0 unspecified atom stereocenters. The second-order valence-electron chi connectivity index (χ2n) is 15.8. The van der Waals surface area contributed by atoms with Crippen molar-refractivity contribution in [3.8, 4) is 22.9 Å². The highest BCUT2D eigenvalue weighted by atomic mass is 35.5. The molecule has 28 heteroatoms. The van der Waals surface area contributed by atoms with Gasteiger partial charge in [0.15, 0.2) is 0 Å². The van der Waals surface area contributed by atoms with Crippen molar-refractivity contribution < 1.29 is 66.1 Å². The maximum Gasteiger partial charge on any atom is 0.314 e. The van der Waals surface area contributed by atoms with Gasteiger partial charge in [0.1, 0.15) is 29.9 Å². The molecule has 4 aromatic carbocycles. The first-order valence-corrected chi connectivity index (χ1v) is 24.3. The highest BCUT2D eigenvalue weighted by Gasteiger charge is 2.26. The zero-order valence-electron chi connectivity index (χ0n) is 38.2. The lowest BCUT2D eigenvalue weighted by Gasteiger charge is -2.30. The maximum absolute atomic E-state index is 15.0. The van der Waals surface area contributed by atoms with E-state index in [4.69, 9.17) is 32.0 Å². The van der Waals surface area contributed by atoms with E-state index in [0.29, 0.717) is 18.8 Å². The monoisotopic (exact) mass is 1090 g/mol. The molecular formula is C45H44Cl2F8N10O7S. The number of halogens is 10. The van der Waals surface area contributed by atoms with Crippen LogP contribution in [0.4, 0.5) is 46.5 Å². The van der Waals surface area contributed by atoms with Gasteiger partial charge < -0.3 is 34.6 Å². The summed E-state index contributed by atoms with van der Waals surface area (Å²) in [7, 11) is -3.96. The summed E-state index contributed by atoms with van der Waals surface area (Å²) in [6.45, 7) is 6.01. The number of rotatable bonds is 15. The lowest BCUT2D eigenvalue weighted by Crippen LogP contribution is -2.48. The third-order valence-corrected chi connectivity index (χ3v) is 11.6. The third-order valence-electron chi connectivity index (χ3n) is 10.5. The summed E-state index contributed by atoms with van der Waals surface area (Å²) in [6, 6.07) is 14.5. The van der Waals surface area contributed by atoms with Crippen molar-refractivity contribution in [2.45, 2.75) is 25.9 Å². The fraction of sp³-hybridized carbons (Fsp3) is 0.333. The van der Waals surface area contributed by atoms with Crippen LogP contribution < -0.4 is 25.8 Å². The summed E-state index contributed by atoms with van der Waals surface area (Å²) in [5.41, 5.74) is 0.578. The van der Waals surface area contributed by atoms with Gasteiger partial charge in [0.2, 0.25) is 17.7 Å². The number of hydrogen-bond acceptors (Lipinski definition) is 15. The minimum atomic E-state index is -3.96. The molecular weight excluding hydrogens is 1050 g/mol. The van der Waals surface area contributed by atoms with E-state index in [1.165, 1.54) is 47.4 Å². The van der Waals surface area contributed by atoms with E-state index in [1.807, 2.05) is 4.90 Å². The predicted octanol–water partition coefficient (Wildman–Crippen LogP) is 7.34. The lowest BCUT2D eigenvalue weighted by atomic mass is 10.1. The molecule has 8 rings (SSSR count). The van der Waals surface area contributed by atoms with Crippen molar-refractivity contribution in [2.24, 2.45) is 0 Å². The zero-order valence-corrected chi connectivity index (χ0v) is 40.6. The Morgan fingerprint density at radius 1 is 0.630 bits per heavy atom. The fourth-order valence-electron chi connectivity index (χ4n) is 6.77. The van der Waals surface area contributed by atoms with Crippen molar-refractivity contribution in [2.75, 3.05) is 81.6 Å². The second kappa shape index (κ2) is 26.2. The van der Waals surface area contributed by atoms with Crippen LogP contribution in [0.2, 0.25) is 10.0 Å². The molecule has 17 nitrogen and oxygen atoms in total. The van der Waals surface area contributed by atoms with E-state index in [2.05, 4.69) is 40.5 Å². The average molecular weight is 1090 g/mol. The summed E-state index contributed by atoms with van der Waals surface area (Å²) in [6.07, 6.45) is -5.19. The van der Waals surface area contributed by atoms with Crippen LogP contribution in [0, 0.1) is 23.3 Å². The van der Waals surface area contributed by atoms with E-state index >= 15 is 0 Å². The fourth-order valence-corrected chi connectivity index (χ4v) is 7.44. The zero-order chi connectivity index (χ0) is 52.8. The number of anilines is 2. The molecule has 2 aromatic heterocycles. The number of amides is 2. The van der Waals surface area contributed by atoms with Crippen LogP contribution in [-0.4, -0.2) is 117 Å². The first-order chi connectivity index (χ1) is 34.8. The molecule has 392 valence electrons. The topological polar surface area (TPSA) is 201 Å². The minimum absolute atomic E-state index is 0.0127. The van der Waals surface area contributed by atoms with Gasteiger partial charge in [-0.15, -0.1) is 20.4 Å². The number of carbonyl (C=O) groups excluding carboxylic acids is 2. The standard InChI is InChI=1S/C22H20ClF4N5O2.C19H14ClF4N3O5S.C4H10N2/c23-16-10-15(3-4-17(16)24)32(19(33)12-31-7-5-28-6-8-31)11-14-2-1-13(9-18(14)25)21-29-30-22(34-21)20(26)27;1-33(29,30)31-9-16(28)27(12-4-5-14(21)13(20)7-12)8-11-3-2-10(6-15(11)22)18-25-26-19(32-18)17(23)24;1-2-6-4-3-5-1/h1-4,9-10,20,28H,5-8,11-12H2;2-7,17H,8-9H2,1H3;5-6H,1-4H2. The molecule has 2 saturated heterocycles. The summed E-state index contributed by atoms with van der Waals surface area (Å²) in [5.74, 6) is -6.55. The Bertz CT molecular complexity index is 2940. The SMILES string of the molecule is C1CNCCN1.CS(=O)(=O)OCC(=O)N(Cc1ccc(-c2nnc(C(F)F)o2)cc1F)c1ccc(F)c(Cl)c1.O=C(CN1CCNCC1)N(Cc1ccc(-c2nnc(C(F)F)o2)cc1F)c1ccc(F)c(Cl)c1. The Balaban J connectivity index is 0.000000213. The molecule has 73 heavy (non-hydrogen) atoms. The van der Waals surface area contributed by atoms with E-state index in [9.17, 15) is 53.1 Å². The van der Waals surface area contributed by atoms with E-state index in [0.717, 1.165) is 80.8 Å². The first-order valence-electron chi connectivity index (χ1n) is 21.8. The van der Waals surface area contributed by atoms with Gasteiger partial charge in [0, 0.05) is 86.0 Å². The largest absolute Gasteiger partial charge is 0.415 e. The van der Waals surface area contributed by atoms with Gasteiger partial charge in [-0.05, 0) is 60.7 Å². The maximum atomic E-state index is 15.0. The van der Waals surface area contributed by atoms with E-state index < -0.39 is 77.1 Å². The smallest absolute Gasteiger partial charge is 0.314 e. The Morgan fingerprint density at radius 3 is 1.42 bits per heavy atom. The van der Waals surface area contributed by atoms with Crippen LogP contribution in [0.3, 0.4) is 0 Å². The van der Waals surface area contributed by atoms with Crippen LogP contribution in [0.25, 0.3) is 22.9 Å². The predicted molar refractivity (Wildman–Crippen MR) is 250 cm³/mol. The number of benzene rings is 4. The minimum Gasteiger partial charge on any atom is -0.415 e. The average Bonchev–Trinajstić information content (AvgIpc) is 4.08. The number of nitrogens with zero attached hydrogens (tertiary/aromatic N) is 7. The van der Waals surface area contributed by atoms with Gasteiger partial charge in [0.05, 0.1) is 35.9 Å². The van der Waals surface area contributed by atoms with Crippen molar-refractivity contribution in [1.82, 2.24) is 41.2 Å². The van der Waals surface area contributed by atoms with Gasteiger partial charge >= 0.3 is 12.9 Å². The normalized spacial score (nSPS) is 14.0. The quantitative estimate of drug-likeness (QED) is 0.0681. The number of carbonyl (C=O) groups is 2. The molecule has 3 N–H and O–H groups in total. The number of alkyl halides is 4. The number of piperazine rings is 2. The van der Waals surface area contributed by atoms with E-state index in [1.54, 1.807) is 0 Å². The van der Waals surface area contributed by atoms with Gasteiger partial charge in [-0.3, -0.25) is 18.7 Å². The Hall–Kier alpha value is -6.13. The summed E-state index contributed by atoms with van der Waals surface area (Å²) in [5, 5.41) is 22.5. The number of aromatic nitrogens is 4. The number of hydrogen-bond donors (Lipinski definition) is 3. The van der Waals surface area contributed by atoms with Crippen LogP contribution in [0.15, 0.2) is 81.6 Å². The summed E-state index contributed by atoms with van der Waals surface area (Å²) >= 11 is 11.7. The van der Waals surface area contributed by atoms with Gasteiger partial charge in [-0.2, -0.15) is 26.0 Å². The molecule has 0 radical (unpaired) electrons. The van der Waals surface area contributed by atoms with Crippen molar-refractivity contribution in [3.63, 3.8) is 0 Å². The molecule has 0 aliphatic carbocycles. The van der Waals surface area contributed by atoms with Gasteiger partial charge in [-0.1, -0.05) is 35.3 Å². The molecule has 4 heterocycles. The van der Waals surface area contributed by atoms with Crippen LogP contribution in [0.1, 0.15) is 35.8 Å². The molecule has 2 amide bonds. The Morgan fingerprint density at radius 2 is 1.05 bits per heavy atom. The molecule has 2 aliphatic heterocycles.